The van der Waals surface area contributed by atoms with E-state index in [4.69, 9.17) is 11.6 Å². The Bertz CT molecular complexity index is 1280. The van der Waals surface area contributed by atoms with E-state index >= 15 is 8.78 Å². The summed E-state index contributed by atoms with van der Waals surface area (Å²) in [6.07, 6.45) is 0.129. The Labute approximate surface area is 215 Å². The van der Waals surface area contributed by atoms with Crippen molar-refractivity contribution in [1.29, 1.82) is 0 Å². The summed E-state index contributed by atoms with van der Waals surface area (Å²) in [6.45, 7) is 0.132. The van der Waals surface area contributed by atoms with Crippen LogP contribution >= 0.6 is 11.6 Å². The average Bonchev–Trinajstić information content (AvgIpc) is 3.13. The summed E-state index contributed by atoms with van der Waals surface area (Å²) in [5.41, 5.74) is 1.10. The van der Waals surface area contributed by atoms with Gasteiger partial charge in [0.05, 0.1) is 0 Å². The molecule has 2 unspecified atom stereocenters. The highest BCUT2D eigenvalue weighted by atomic mass is 35.5. The zero-order valence-corrected chi connectivity index (χ0v) is 21.0. The number of fused-ring (bicyclic) bond motifs is 1. The highest BCUT2D eigenvalue weighted by molar-refractivity contribution is 6.43. The Morgan fingerprint density at radius 1 is 1.08 bits per heavy atom. The van der Waals surface area contributed by atoms with E-state index in [9.17, 15) is 19.2 Å². The number of nitrogens with zero attached hydrogens (tertiary/aromatic N) is 2. The van der Waals surface area contributed by atoms with Crippen molar-refractivity contribution in [1.82, 2.24) is 15.0 Å². The van der Waals surface area contributed by atoms with Crippen molar-refractivity contribution in [3.8, 4) is 0 Å². The molecule has 7 nitrogen and oxygen atoms in total. The van der Waals surface area contributed by atoms with Crippen LogP contribution in [-0.2, 0) is 32.2 Å². The lowest BCUT2D eigenvalue weighted by molar-refractivity contribution is -0.155. The standard InChI is InChI=1S/C22H22B4ClF2N3O4/c23-15-8-16(33)30-18(34)17(15)31-9-10-7-12(3-6-14(10)19(31)35)22(24,25)32(26)20(36)21(28,29)11-1-4-13(27)5-2-11/h1-7,15,17H,8-9,23-26H2,(H,30,33,34). The molecule has 2 aromatic carbocycles. The van der Waals surface area contributed by atoms with Gasteiger partial charge in [0.15, 0.2) is 0 Å². The van der Waals surface area contributed by atoms with Crippen LogP contribution in [-0.4, -0.2) is 70.9 Å². The molecule has 2 aliphatic rings. The molecule has 1 N–H and O–H groups in total. The molecule has 2 heterocycles. The van der Waals surface area contributed by atoms with E-state index in [1.165, 1.54) is 25.0 Å². The number of alkyl halides is 2. The van der Waals surface area contributed by atoms with Gasteiger partial charge in [0, 0.05) is 29.1 Å². The van der Waals surface area contributed by atoms with Gasteiger partial charge in [-0.05, 0) is 40.5 Å². The number of nitrogens with one attached hydrogen (secondary N) is 1. The van der Waals surface area contributed by atoms with E-state index in [0.717, 1.165) is 16.9 Å². The first-order chi connectivity index (χ1) is 16.7. The molecule has 0 saturated carbocycles. The van der Waals surface area contributed by atoms with Crippen molar-refractivity contribution in [2.45, 2.75) is 36.1 Å². The largest absolute Gasteiger partial charge is 0.393 e. The molecular formula is C22H22B4ClF2N3O4. The fourth-order valence-corrected chi connectivity index (χ4v) is 4.89. The summed E-state index contributed by atoms with van der Waals surface area (Å²) in [6, 6.07) is 8.96. The van der Waals surface area contributed by atoms with E-state index < -0.39 is 34.7 Å². The number of rotatable bonds is 5. The summed E-state index contributed by atoms with van der Waals surface area (Å²) in [7, 11) is 6.33. The van der Waals surface area contributed by atoms with Crippen molar-refractivity contribution in [3.05, 3.63) is 69.7 Å². The second-order valence-electron chi connectivity index (χ2n) is 9.85. The van der Waals surface area contributed by atoms with Crippen LogP contribution in [0.1, 0.15) is 33.5 Å². The maximum atomic E-state index is 15.1. The van der Waals surface area contributed by atoms with Gasteiger partial charge in [0.2, 0.25) is 19.8 Å². The summed E-state index contributed by atoms with van der Waals surface area (Å²) >= 11 is 5.79. The van der Waals surface area contributed by atoms with E-state index in [1.807, 2.05) is 0 Å². The number of benzene rings is 2. The Hall–Kier alpha value is -3.07. The van der Waals surface area contributed by atoms with E-state index in [2.05, 4.69) is 5.32 Å². The van der Waals surface area contributed by atoms with Crippen molar-refractivity contribution in [2.75, 3.05) is 0 Å². The van der Waals surface area contributed by atoms with Gasteiger partial charge >= 0.3 is 5.92 Å². The molecule has 0 aliphatic carbocycles. The maximum absolute atomic E-state index is 15.1. The molecule has 4 amide bonds. The number of hydrogen-bond donors (Lipinski definition) is 1. The monoisotopic (exact) mass is 509 g/mol. The molecule has 1 saturated heterocycles. The lowest BCUT2D eigenvalue weighted by Crippen LogP contribution is -2.55. The molecule has 2 aromatic rings. The summed E-state index contributed by atoms with van der Waals surface area (Å²) in [5, 5.41) is 1.41. The Morgan fingerprint density at radius 2 is 1.69 bits per heavy atom. The maximum Gasteiger partial charge on any atom is 0.348 e. The van der Waals surface area contributed by atoms with Gasteiger partial charge in [-0.15, -0.1) is 0 Å². The molecule has 2 atom stereocenters. The number of carbonyl (C=O) groups is 4. The van der Waals surface area contributed by atoms with E-state index in [-0.39, 0.29) is 35.6 Å². The molecule has 36 heavy (non-hydrogen) atoms. The first-order valence-corrected chi connectivity index (χ1v) is 11.8. The van der Waals surface area contributed by atoms with Crippen LogP contribution in [0.15, 0.2) is 42.5 Å². The second-order valence-corrected chi connectivity index (χ2v) is 10.3. The topological polar surface area (TPSA) is 86.8 Å². The fourth-order valence-electron chi connectivity index (χ4n) is 4.76. The fraction of sp³-hybridized carbons (Fsp3) is 0.273. The summed E-state index contributed by atoms with van der Waals surface area (Å²) in [5.74, 6) is -6.74. The molecule has 4 rings (SSSR count). The Balaban J connectivity index is 1.59. The van der Waals surface area contributed by atoms with Crippen molar-refractivity contribution >= 4 is 66.7 Å². The number of piperidine rings is 1. The van der Waals surface area contributed by atoms with Crippen molar-refractivity contribution in [2.24, 2.45) is 0 Å². The third-order valence-corrected chi connectivity index (χ3v) is 7.43. The third kappa shape index (κ3) is 4.34. The van der Waals surface area contributed by atoms with Crippen LogP contribution < -0.4 is 5.32 Å². The van der Waals surface area contributed by atoms with E-state index in [0.29, 0.717) is 16.7 Å². The van der Waals surface area contributed by atoms with Crippen LogP contribution in [0, 0.1) is 0 Å². The highest BCUT2D eigenvalue weighted by Crippen LogP contribution is 2.36. The predicted octanol–water partition coefficient (Wildman–Crippen LogP) is -1.32. The van der Waals surface area contributed by atoms with Crippen LogP contribution in [0.5, 0.6) is 0 Å². The molecule has 0 radical (unpaired) electrons. The van der Waals surface area contributed by atoms with Crippen LogP contribution in [0.3, 0.4) is 0 Å². The van der Waals surface area contributed by atoms with Gasteiger partial charge in [0.25, 0.3) is 11.8 Å². The number of amides is 4. The first-order valence-electron chi connectivity index (χ1n) is 11.5. The minimum Gasteiger partial charge on any atom is -0.393 e. The van der Waals surface area contributed by atoms with Crippen molar-refractivity contribution in [3.63, 3.8) is 0 Å². The van der Waals surface area contributed by atoms with Gasteiger partial charge in [-0.1, -0.05) is 35.9 Å². The quantitative estimate of drug-likeness (QED) is 0.401. The highest BCUT2D eigenvalue weighted by Gasteiger charge is 2.47. The SMILES string of the molecule is BC1CC(=O)NC(=O)C1N1Cc2cc(C(B)(B)N(B)C(=O)C(F)(F)c3ccc(Cl)cc3)ccc2C1=O. The van der Waals surface area contributed by atoms with Gasteiger partial charge in [0.1, 0.15) is 29.6 Å². The smallest absolute Gasteiger partial charge is 0.348 e. The van der Waals surface area contributed by atoms with Gasteiger partial charge in [-0.3, -0.25) is 24.5 Å². The van der Waals surface area contributed by atoms with E-state index in [1.54, 1.807) is 41.7 Å². The minimum atomic E-state index is -3.78. The zero-order valence-electron chi connectivity index (χ0n) is 20.3. The summed E-state index contributed by atoms with van der Waals surface area (Å²) < 4.78 is 30.1. The van der Waals surface area contributed by atoms with Crippen LogP contribution in [0.25, 0.3) is 0 Å². The number of carbonyl (C=O) groups excluding carboxylic acids is 4. The molecule has 0 aromatic heterocycles. The molecule has 0 spiro atoms. The van der Waals surface area contributed by atoms with Gasteiger partial charge < -0.3 is 9.71 Å². The second kappa shape index (κ2) is 9.10. The third-order valence-electron chi connectivity index (χ3n) is 7.18. The molecular weight excluding hydrogens is 487 g/mol. The number of imide groups is 1. The lowest BCUT2D eigenvalue weighted by atomic mass is 9.55. The number of hydrogen-bond acceptors (Lipinski definition) is 4. The zero-order chi connectivity index (χ0) is 26.6. The molecule has 2 aliphatic heterocycles. The predicted molar refractivity (Wildman–Crippen MR) is 140 cm³/mol. The van der Waals surface area contributed by atoms with Crippen molar-refractivity contribution < 1.29 is 28.0 Å². The lowest BCUT2D eigenvalue weighted by Gasteiger charge is -2.39. The molecule has 182 valence electrons. The Kier molecular flexibility index (Phi) is 6.58. The first kappa shape index (κ1) is 26.0. The van der Waals surface area contributed by atoms with Crippen LogP contribution in [0.2, 0.25) is 10.8 Å². The average molecular weight is 509 g/mol. The van der Waals surface area contributed by atoms with Crippen LogP contribution in [0.4, 0.5) is 8.78 Å². The van der Waals surface area contributed by atoms with Gasteiger partial charge in [-0.25, -0.2) is 0 Å². The Morgan fingerprint density at radius 3 is 2.31 bits per heavy atom. The normalized spacial score (nSPS) is 20.2. The molecule has 0 bridgehead atoms. The molecule has 1 fully saturated rings. The molecule has 14 heteroatoms. The summed E-state index contributed by atoms with van der Waals surface area (Å²) in [4.78, 5) is 52.5. The number of halogens is 3. The van der Waals surface area contributed by atoms with Gasteiger partial charge in [-0.2, -0.15) is 8.78 Å². The minimum absolute atomic E-state index is 0.129.